The topological polar surface area (TPSA) is 143 Å². The molecule has 0 atom stereocenters. The van der Waals surface area contributed by atoms with Crippen LogP contribution >= 0.6 is 0 Å². The molecule has 2 aromatic rings. The van der Waals surface area contributed by atoms with Gasteiger partial charge in [-0.05, 0) is 12.1 Å². The molecule has 0 aliphatic rings. The number of H-pyrrole nitrogens is 2. The van der Waals surface area contributed by atoms with Crippen molar-refractivity contribution in [2.24, 2.45) is 5.73 Å². The highest BCUT2D eigenvalue weighted by molar-refractivity contribution is 6.04. The fourth-order valence-corrected chi connectivity index (χ4v) is 2.05. The van der Waals surface area contributed by atoms with Crippen molar-refractivity contribution in [3.63, 3.8) is 0 Å². The maximum atomic E-state index is 12.2. The molecule has 7 N–H and O–H groups in total. The van der Waals surface area contributed by atoms with E-state index < -0.39 is 0 Å². The van der Waals surface area contributed by atoms with Gasteiger partial charge in [0.2, 0.25) is 0 Å². The third-order valence-corrected chi connectivity index (χ3v) is 3.45. The van der Waals surface area contributed by atoms with Crippen molar-refractivity contribution in [1.82, 2.24) is 14.9 Å². The quantitative estimate of drug-likeness (QED) is 0.333. The second kappa shape index (κ2) is 7.36. The van der Waals surface area contributed by atoms with Crippen LogP contribution in [0.4, 0.5) is 11.4 Å². The molecule has 0 saturated heterocycles. The first kappa shape index (κ1) is 17.1. The molecule has 0 aliphatic carbocycles. The Morgan fingerprint density at radius 3 is 2.46 bits per heavy atom. The molecule has 0 unspecified atom stereocenters. The summed E-state index contributed by atoms with van der Waals surface area (Å²) in [5.41, 5.74) is 7.34. The van der Waals surface area contributed by atoms with E-state index in [1.807, 2.05) is 0 Å². The molecule has 0 saturated carbocycles. The molecule has 24 heavy (non-hydrogen) atoms. The van der Waals surface area contributed by atoms with Gasteiger partial charge in [-0.1, -0.05) is 0 Å². The average molecular weight is 331 g/mol. The van der Waals surface area contributed by atoms with E-state index in [1.54, 1.807) is 38.6 Å². The molecule has 2 rings (SSSR count). The smallest absolute Gasteiger partial charge is 0.272 e. The van der Waals surface area contributed by atoms with Crippen molar-refractivity contribution < 1.29 is 9.59 Å². The molecule has 2 heterocycles. The molecular formula is C15H21N7O2. The summed E-state index contributed by atoms with van der Waals surface area (Å²) in [4.78, 5) is 31.5. The van der Waals surface area contributed by atoms with E-state index in [0.717, 1.165) is 5.69 Å². The number of nitrogens with zero attached hydrogens (tertiary/aromatic N) is 1. The standard InChI is InChI=1S/C15H21N7O2/c1-18-9-5-11(19-7-9)14(23)21-10-6-12(20-8-10)15(24)22(2)4-3-13(16)17/h5-8,18-20H,3-4H2,1-2H3,(H3,16,17)(H,21,23). The van der Waals surface area contributed by atoms with Gasteiger partial charge in [0.05, 0.1) is 17.2 Å². The van der Waals surface area contributed by atoms with Gasteiger partial charge in [-0.2, -0.15) is 0 Å². The van der Waals surface area contributed by atoms with Gasteiger partial charge >= 0.3 is 0 Å². The van der Waals surface area contributed by atoms with Crippen LogP contribution in [0.3, 0.4) is 0 Å². The summed E-state index contributed by atoms with van der Waals surface area (Å²) in [6, 6.07) is 3.25. The van der Waals surface area contributed by atoms with E-state index in [4.69, 9.17) is 11.1 Å². The van der Waals surface area contributed by atoms with Crippen molar-refractivity contribution in [3.8, 4) is 0 Å². The molecule has 0 fully saturated rings. The van der Waals surface area contributed by atoms with E-state index in [9.17, 15) is 9.59 Å². The van der Waals surface area contributed by atoms with Gasteiger partial charge in [0, 0.05) is 39.5 Å². The maximum Gasteiger partial charge on any atom is 0.272 e. The van der Waals surface area contributed by atoms with Crippen LogP contribution in [-0.2, 0) is 0 Å². The summed E-state index contributed by atoms with van der Waals surface area (Å²) in [7, 11) is 3.39. The van der Waals surface area contributed by atoms with Crippen LogP contribution in [-0.4, -0.2) is 53.2 Å². The number of hydrogen-bond donors (Lipinski definition) is 6. The molecule has 0 radical (unpaired) electrons. The Morgan fingerprint density at radius 1 is 1.21 bits per heavy atom. The van der Waals surface area contributed by atoms with Gasteiger partial charge in [0.25, 0.3) is 11.8 Å². The highest BCUT2D eigenvalue weighted by atomic mass is 16.2. The third kappa shape index (κ3) is 4.15. The minimum atomic E-state index is -0.306. The number of hydrogen-bond acceptors (Lipinski definition) is 4. The van der Waals surface area contributed by atoms with Crippen molar-refractivity contribution in [1.29, 1.82) is 5.41 Å². The summed E-state index contributed by atoms with van der Waals surface area (Å²) in [6.07, 6.45) is 3.55. The summed E-state index contributed by atoms with van der Waals surface area (Å²) < 4.78 is 0. The number of nitrogens with two attached hydrogens (primary N) is 1. The Morgan fingerprint density at radius 2 is 1.83 bits per heavy atom. The summed E-state index contributed by atoms with van der Waals surface area (Å²) in [5, 5.41) is 12.8. The summed E-state index contributed by atoms with van der Waals surface area (Å²) in [6.45, 7) is 0.351. The predicted octanol–water partition coefficient (Wildman–Crippen LogP) is 1.03. The molecule has 0 aliphatic heterocycles. The number of nitrogens with one attached hydrogen (secondary N) is 5. The van der Waals surface area contributed by atoms with E-state index in [2.05, 4.69) is 20.6 Å². The van der Waals surface area contributed by atoms with Gasteiger partial charge in [-0.3, -0.25) is 15.0 Å². The lowest BCUT2D eigenvalue weighted by Crippen LogP contribution is -2.30. The van der Waals surface area contributed by atoms with Crippen LogP contribution in [0.1, 0.15) is 27.4 Å². The van der Waals surface area contributed by atoms with Gasteiger partial charge < -0.3 is 31.2 Å². The number of anilines is 2. The Labute approximate surface area is 139 Å². The first-order valence-electron chi connectivity index (χ1n) is 7.35. The Balaban J connectivity index is 1.98. The molecule has 0 bridgehead atoms. The molecule has 0 aromatic carbocycles. The lowest BCUT2D eigenvalue weighted by molar-refractivity contribution is 0.0793. The lowest BCUT2D eigenvalue weighted by atomic mass is 10.3. The normalized spacial score (nSPS) is 10.2. The first-order chi connectivity index (χ1) is 11.4. The molecule has 9 nitrogen and oxygen atoms in total. The van der Waals surface area contributed by atoms with Crippen LogP contribution in [0.15, 0.2) is 24.5 Å². The third-order valence-electron chi connectivity index (χ3n) is 3.45. The number of rotatable bonds is 7. The van der Waals surface area contributed by atoms with Crippen LogP contribution in [0.2, 0.25) is 0 Å². The Kier molecular flexibility index (Phi) is 5.25. The van der Waals surface area contributed by atoms with E-state index in [-0.39, 0.29) is 17.6 Å². The first-order valence-corrected chi connectivity index (χ1v) is 7.35. The lowest BCUT2D eigenvalue weighted by Gasteiger charge is -2.15. The van der Waals surface area contributed by atoms with Crippen molar-refractivity contribution in [3.05, 3.63) is 35.9 Å². The maximum absolute atomic E-state index is 12.2. The largest absolute Gasteiger partial charge is 0.388 e. The van der Waals surface area contributed by atoms with Gasteiger partial charge in [-0.25, -0.2) is 0 Å². The highest BCUT2D eigenvalue weighted by Gasteiger charge is 2.15. The van der Waals surface area contributed by atoms with Crippen LogP contribution in [0.25, 0.3) is 0 Å². The fraction of sp³-hybridized carbons (Fsp3) is 0.267. The van der Waals surface area contributed by atoms with E-state index >= 15 is 0 Å². The Bertz CT molecular complexity index is 747. The second-order valence-corrected chi connectivity index (χ2v) is 5.31. The summed E-state index contributed by atoms with van der Waals surface area (Å²) in [5.74, 6) is -0.519. The minimum Gasteiger partial charge on any atom is -0.388 e. The zero-order chi connectivity index (χ0) is 17.7. The molecule has 0 spiro atoms. The van der Waals surface area contributed by atoms with Crippen molar-refractivity contribution >= 4 is 29.0 Å². The zero-order valence-corrected chi connectivity index (χ0v) is 13.6. The number of carbonyl (C=O) groups is 2. The summed E-state index contributed by atoms with van der Waals surface area (Å²) >= 11 is 0. The molecule has 9 heteroatoms. The monoisotopic (exact) mass is 331 g/mol. The van der Waals surface area contributed by atoms with E-state index in [0.29, 0.717) is 30.0 Å². The minimum absolute atomic E-state index is 0.0287. The van der Waals surface area contributed by atoms with E-state index in [1.165, 1.54) is 4.90 Å². The fourth-order valence-electron chi connectivity index (χ4n) is 2.05. The number of carbonyl (C=O) groups excluding carboxylic acids is 2. The average Bonchev–Trinajstić information content (AvgIpc) is 3.20. The van der Waals surface area contributed by atoms with Crippen LogP contribution < -0.4 is 16.4 Å². The molecular weight excluding hydrogens is 310 g/mol. The highest BCUT2D eigenvalue weighted by Crippen LogP contribution is 2.14. The molecule has 128 valence electrons. The number of amidine groups is 1. The van der Waals surface area contributed by atoms with Gasteiger partial charge in [0.15, 0.2) is 0 Å². The van der Waals surface area contributed by atoms with Crippen molar-refractivity contribution in [2.75, 3.05) is 31.3 Å². The van der Waals surface area contributed by atoms with Crippen LogP contribution in [0, 0.1) is 5.41 Å². The van der Waals surface area contributed by atoms with Gasteiger partial charge in [0.1, 0.15) is 11.4 Å². The van der Waals surface area contributed by atoms with Gasteiger partial charge in [-0.15, -0.1) is 0 Å². The number of aromatic nitrogens is 2. The second-order valence-electron chi connectivity index (χ2n) is 5.31. The molecule has 2 amide bonds. The SMILES string of the molecule is CNc1c[nH]c(C(=O)Nc2c[nH]c(C(=O)N(C)CCC(=N)N)c2)c1. The predicted molar refractivity (Wildman–Crippen MR) is 92.6 cm³/mol. The Hall–Kier alpha value is -3.23. The van der Waals surface area contributed by atoms with Crippen molar-refractivity contribution in [2.45, 2.75) is 6.42 Å². The number of aromatic amines is 2. The zero-order valence-electron chi connectivity index (χ0n) is 13.6. The van der Waals surface area contributed by atoms with Crippen LogP contribution in [0.5, 0.6) is 0 Å². The number of amides is 2. The molecule has 2 aromatic heterocycles.